The van der Waals surface area contributed by atoms with Crippen LogP contribution in [0.15, 0.2) is 95.9 Å². The van der Waals surface area contributed by atoms with E-state index in [1.54, 1.807) is 24.3 Å². The third-order valence-corrected chi connectivity index (χ3v) is 10.2. The largest absolute Gasteiger partial charge is 0.505 e. The molecule has 0 unspecified atom stereocenters. The lowest BCUT2D eigenvalue weighted by Crippen LogP contribution is -2.29. The molecule has 0 bridgehead atoms. The molecule has 5 rings (SSSR count). The van der Waals surface area contributed by atoms with Crippen LogP contribution in [-0.2, 0) is 20.9 Å². The van der Waals surface area contributed by atoms with Crippen molar-refractivity contribution >= 4 is 66.7 Å². The van der Waals surface area contributed by atoms with Gasteiger partial charge >= 0.3 is 0 Å². The van der Waals surface area contributed by atoms with Crippen LogP contribution in [0, 0.1) is 6.92 Å². The smallest absolute Gasteiger partial charge is 0.268 e. The van der Waals surface area contributed by atoms with E-state index < -0.39 is 15.4 Å². The molecule has 0 aliphatic rings. The van der Waals surface area contributed by atoms with Crippen LogP contribution in [0.1, 0.15) is 58.2 Å². The number of hydrogen-bond donors (Lipinski definition) is 2. The number of nitrogens with one attached hydrogen (secondary N) is 1. The summed E-state index contributed by atoms with van der Waals surface area (Å²) in [5, 5.41) is 15.4. The molecule has 0 aliphatic heterocycles. The number of phenolic OH excluding ortho intramolecular Hbond substituents is 1. The summed E-state index contributed by atoms with van der Waals surface area (Å²) in [5.74, 6) is -0.312. The van der Waals surface area contributed by atoms with Crippen molar-refractivity contribution in [1.29, 1.82) is 0 Å². The van der Waals surface area contributed by atoms with Crippen molar-refractivity contribution < 1.29 is 13.5 Å². The average molecular weight is 662 g/mol. The highest BCUT2D eigenvalue weighted by Crippen LogP contribution is 2.48. The number of fused-ring (bicyclic) bond motifs is 1. The van der Waals surface area contributed by atoms with Crippen molar-refractivity contribution in [2.24, 2.45) is 0 Å². The van der Waals surface area contributed by atoms with Crippen LogP contribution in [0.5, 0.6) is 5.75 Å². The van der Waals surface area contributed by atoms with Crippen molar-refractivity contribution in [3.05, 3.63) is 118 Å². The van der Waals surface area contributed by atoms with Crippen molar-refractivity contribution in [1.82, 2.24) is 0 Å². The molecule has 5 aromatic carbocycles. The van der Waals surface area contributed by atoms with Crippen molar-refractivity contribution in [3.63, 3.8) is 0 Å². The molecule has 5 aromatic rings. The van der Waals surface area contributed by atoms with Gasteiger partial charge in [0.15, 0.2) is 5.75 Å². The summed E-state index contributed by atoms with van der Waals surface area (Å²) in [7, 11) is -4.22. The number of benzene rings is 5. The van der Waals surface area contributed by atoms with E-state index in [4.69, 9.17) is 23.2 Å². The van der Waals surface area contributed by atoms with Gasteiger partial charge in [-0.2, -0.15) is 0 Å². The lowest BCUT2D eigenvalue weighted by molar-refractivity contribution is 0.476. The van der Waals surface area contributed by atoms with E-state index in [9.17, 15) is 13.5 Å². The molecule has 0 amide bonds. The molecule has 45 heavy (non-hydrogen) atoms. The summed E-state index contributed by atoms with van der Waals surface area (Å²) in [4.78, 5) is 0.110. The molecule has 2 N–H and O–H groups in total. The number of phenols is 1. The first kappa shape index (κ1) is 32.7. The molecular weight excluding hydrogens is 623 g/mol. The highest BCUT2D eigenvalue weighted by atomic mass is 35.5. The Bertz CT molecular complexity index is 1970. The van der Waals surface area contributed by atoms with Crippen molar-refractivity contribution in [2.45, 2.75) is 64.2 Å². The van der Waals surface area contributed by atoms with Crippen LogP contribution in [0.4, 0.5) is 22.7 Å². The second-order valence-corrected chi connectivity index (χ2v) is 16.0. The van der Waals surface area contributed by atoms with Gasteiger partial charge in [0, 0.05) is 22.1 Å². The molecule has 0 aromatic heterocycles. The van der Waals surface area contributed by atoms with Crippen LogP contribution in [-0.4, -0.2) is 13.5 Å². The summed E-state index contributed by atoms with van der Waals surface area (Å²) in [6.45, 7) is 14.6. The van der Waals surface area contributed by atoms with Gasteiger partial charge in [-0.15, -0.1) is 0 Å². The predicted molar refractivity (Wildman–Crippen MR) is 190 cm³/mol. The molecule has 0 saturated carbocycles. The quantitative estimate of drug-likeness (QED) is 0.190. The Morgan fingerprint density at radius 1 is 0.733 bits per heavy atom. The lowest BCUT2D eigenvalue weighted by Gasteiger charge is -2.33. The van der Waals surface area contributed by atoms with Gasteiger partial charge in [-0.25, -0.2) is 12.7 Å². The Balaban J connectivity index is 1.83. The maximum absolute atomic E-state index is 14.7. The number of halogens is 2. The van der Waals surface area contributed by atoms with E-state index in [-0.39, 0.29) is 31.8 Å². The Kier molecular flexibility index (Phi) is 8.64. The highest BCUT2D eigenvalue weighted by Gasteiger charge is 2.34. The number of rotatable bonds is 6. The van der Waals surface area contributed by atoms with Gasteiger partial charge in [-0.05, 0) is 71.3 Å². The maximum atomic E-state index is 14.7. The molecule has 0 aliphatic carbocycles. The molecule has 0 heterocycles. The van der Waals surface area contributed by atoms with E-state index in [1.807, 2.05) is 37.3 Å². The number of aryl methyl sites for hydroxylation is 1. The number of nitrogens with zero attached hydrogens (tertiary/aromatic N) is 1. The van der Waals surface area contributed by atoms with Crippen LogP contribution in [0.3, 0.4) is 0 Å². The van der Waals surface area contributed by atoms with Crippen molar-refractivity contribution in [3.8, 4) is 5.75 Å². The van der Waals surface area contributed by atoms with Gasteiger partial charge in [0.1, 0.15) is 0 Å². The molecule has 5 nitrogen and oxygen atoms in total. The van der Waals surface area contributed by atoms with E-state index in [2.05, 4.69) is 71.1 Å². The molecular formula is C37H38Cl2N2O3S. The minimum absolute atomic E-state index is 0.0265. The summed E-state index contributed by atoms with van der Waals surface area (Å²) >= 11 is 12.8. The topological polar surface area (TPSA) is 69.6 Å². The number of hydrogen-bond acceptors (Lipinski definition) is 4. The van der Waals surface area contributed by atoms with Crippen LogP contribution in [0.2, 0.25) is 10.0 Å². The first-order valence-corrected chi connectivity index (χ1v) is 16.9. The van der Waals surface area contributed by atoms with Gasteiger partial charge < -0.3 is 10.4 Å². The maximum Gasteiger partial charge on any atom is 0.268 e. The van der Waals surface area contributed by atoms with Gasteiger partial charge in [-0.1, -0.05) is 119 Å². The van der Waals surface area contributed by atoms with Gasteiger partial charge in [0.2, 0.25) is 0 Å². The molecule has 0 spiro atoms. The Morgan fingerprint density at radius 2 is 1.29 bits per heavy atom. The minimum atomic E-state index is -4.22. The van der Waals surface area contributed by atoms with Gasteiger partial charge in [0.25, 0.3) is 10.0 Å². The summed E-state index contributed by atoms with van der Waals surface area (Å²) in [6.07, 6.45) is 0. The van der Waals surface area contributed by atoms with Crippen LogP contribution >= 0.6 is 23.2 Å². The minimum Gasteiger partial charge on any atom is -0.505 e. The first-order chi connectivity index (χ1) is 21.0. The zero-order valence-corrected chi connectivity index (χ0v) is 28.9. The van der Waals surface area contributed by atoms with Crippen molar-refractivity contribution in [2.75, 3.05) is 9.62 Å². The second-order valence-electron chi connectivity index (χ2n) is 13.4. The summed E-state index contributed by atoms with van der Waals surface area (Å²) in [6, 6.07) is 27.7. The van der Waals surface area contributed by atoms with Crippen LogP contribution in [0.25, 0.3) is 10.8 Å². The molecule has 234 valence electrons. The standard InChI is InChI=1S/C37H38Cl2N2O3S/c1-23-12-18-27(19-13-23)45(43,44)41(26-20-31(38)35(42)32(39)21-26)34-29-11-9-8-10-28(29)33(22-30(34)37(5,6)7)40-25-16-14-24(15-17-25)36(2,3)4/h8-22,40,42H,1-7H3. The van der Waals surface area contributed by atoms with Crippen LogP contribution < -0.4 is 9.62 Å². The van der Waals surface area contributed by atoms with E-state index >= 15 is 0 Å². The Labute approximate surface area is 276 Å². The Hall–Kier alpha value is -3.71. The number of anilines is 4. The third-order valence-electron chi connectivity index (χ3n) is 7.85. The van der Waals surface area contributed by atoms with Gasteiger partial charge in [-0.3, -0.25) is 0 Å². The highest BCUT2D eigenvalue weighted by molar-refractivity contribution is 7.93. The normalized spacial score (nSPS) is 12.4. The average Bonchev–Trinajstić information content (AvgIpc) is 2.96. The number of aromatic hydroxyl groups is 1. The molecule has 0 atom stereocenters. The fourth-order valence-electron chi connectivity index (χ4n) is 5.34. The molecule has 8 heteroatoms. The van der Waals surface area contributed by atoms with Gasteiger partial charge in [0.05, 0.1) is 26.3 Å². The second kappa shape index (κ2) is 11.9. The summed E-state index contributed by atoms with van der Waals surface area (Å²) in [5.41, 5.74) is 4.92. The molecule has 0 saturated heterocycles. The molecule has 0 radical (unpaired) electrons. The zero-order chi connectivity index (χ0) is 32.9. The Morgan fingerprint density at radius 3 is 1.82 bits per heavy atom. The summed E-state index contributed by atoms with van der Waals surface area (Å²) < 4.78 is 30.8. The fraction of sp³-hybridized carbons (Fsp3) is 0.243. The first-order valence-electron chi connectivity index (χ1n) is 14.7. The zero-order valence-electron chi connectivity index (χ0n) is 26.5. The van der Waals surface area contributed by atoms with E-state index in [1.165, 1.54) is 22.0 Å². The molecule has 0 fully saturated rings. The monoisotopic (exact) mass is 660 g/mol. The third kappa shape index (κ3) is 6.51. The number of sulfonamides is 1. The predicted octanol–water partition coefficient (Wildman–Crippen LogP) is 11.0. The SMILES string of the molecule is Cc1ccc(S(=O)(=O)N(c2cc(Cl)c(O)c(Cl)c2)c2c(C(C)(C)C)cc(Nc3ccc(C(C)(C)C)cc3)c3ccccc23)cc1. The fourth-order valence-corrected chi connectivity index (χ4v) is 7.32. The van der Waals surface area contributed by atoms with E-state index in [0.717, 1.165) is 33.3 Å². The lowest BCUT2D eigenvalue weighted by atomic mass is 9.83. The van der Waals surface area contributed by atoms with E-state index in [0.29, 0.717) is 5.69 Å².